The number of ether oxygens (including phenoxy) is 1. The number of carbonyl (C=O) groups is 1. The molecule has 0 saturated carbocycles. The van der Waals surface area contributed by atoms with Crippen LogP contribution in [0.1, 0.15) is 22.6 Å². The number of aliphatic hydroxyl groups excluding tert-OH is 1. The van der Waals surface area contributed by atoms with E-state index in [0.29, 0.717) is 12.3 Å². The molecule has 120 valence electrons. The molecule has 1 fully saturated rings. The molecule has 2 aromatic carbocycles. The van der Waals surface area contributed by atoms with Gasteiger partial charge in [-0.05, 0) is 23.3 Å². The molecule has 4 nitrogen and oxygen atoms in total. The largest absolute Gasteiger partial charge is 0.497 e. The molecule has 1 N–H and O–H groups in total. The van der Waals surface area contributed by atoms with Crippen LogP contribution in [0.2, 0.25) is 0 Å². The van der Waals surface area contributed by atoms with Gasteiger partial charge < -0.3 is 14.7 Å². The second-order valence-corrected chi connectivity index (χ2v) is 6.48. The van der Waals surface area contributed by atoms with Gasteiger partial charge in [0.05, 0.1) is 25.5 Å². The Labute approximate surface area is 140 Å². The molecule has 3 rings (SSSR count). The van der Waals surface area contributed by atoms with Crippen molar-refractivity contribution in [3.63, 3.8) is 0 Å². The number of thioether (sulfide) groups is 1. The zero-order chi connectivity index (χ0) is 16.2. The lowest BCUT2D eigenvalue weighted by Gasteiger charge is -2.27. The molecule has 0 unspecified atom stereocenters. The van der Waals surface area contributed by atoms with Gasteiger partial charge in [-0.1, -0.05) is 42.5 Å². The van der Waals surface area contributed by atoms with Crippen LogP contribution in [0.4, 0.5) is 0 Å². The highest BCUT2D eigenvalue weighted by molar-refractivity contribution is 8.00. The first-order chi connectivity index (χ1) is 11.2. The first-order valence-corrected chi connectivity index (χ1v) is 8.52. The molecule has 1 saturated heterocycles. The lowest BCUT2D eigenvalue weighted by atomic mass is 10.1. The van der Waals surface area contributed by atoms with Crippen LogP contribution < -0.4 is 4.74 Å². The zero-order valence-corrected chi connectivity index (χ0v) is 13.7. The average Bonchev–Trinajstić information content (AvgIpc) is 2.96. The molecule has 2 atom stereocenters. The van der Waals surface area contributed by atoms with Crippen LogP contribution in [-0.2, 0) is 4.79 Å². The SMILES string of the molecule is COc1ccc([C@H]2SCC(=O)N2C[C@H](O)c2ccccc2)cc1. The molecule has 0 bridgehead atoms. The van der Waals surface area contributed by atoms with Crippen LogP contribution in [0.3, 0.4) is 0 Å². The van der Waals surface area contributed by atoms with Crippen LogP contribution >= 0.6 is 11.8 Å². The highest BCUT2D eigenvalue weighted by atomic mass is 32.2. The molecule has 0 radical (unpaired) electrons. The first-order valence-electron chi connectivity index (χ1n) is 7.47. The van der Waals surface area contributed by atoms with E-state index in [9.17, 15) is 9.90 Å². The minimum Gasteiger partial charge on any atom is -0.497 e. The minimum absolute atomic E-state index is 0.0609. The van der Waals surface area contributed by atoms with E-state index in [0.717, 1.165) is 16.9 Å². The van der Waals surface area contributed by atoms with E-state index in [-0.39, 0.29) is 11.3 Å². The Balaban J connectivity index is 1.76. The normalized spacial score (nSPS) is 19.0. The summed E-state index contributed by atoms with van der Waals surface area (Å²) in [6.07, 6.45) is -0.681. The number of methoxy groups -OCH3 is 1. The fourth-order valence-corrected chi connectivity index (χ4v) is 3.86. The van der Waals surface area contributed by atoms with E-state index >= 15 is 0 Å². The van der Waals surface area contributed by atoms with Crippen molar-refractivity contribution in [2.45, 2.75) is 11.5 Å². The fraction of sp³-hybridized carbons (Fsp3) is 0.278. The van der Waals surface area contributed by atoms with Crippen molar-refractivity contribution >= 4 is 17.7 Å². The fourth-order valence-electron chi connectivity index (χ4n) is 2.66. The summed E-state index contributed by atoms with van der Waals surface area (Å²) in [5.74, 6) is 1.29. The highest BCUT2D eigenvalue weighted by Crippen LogP contribution is 2.39. The van der Waals surface area contributed by atoms with Gasteiger partial charge in [0, 0.05) is 0 Å². The van der Waals surface area contributed by atoms with E-state index in [2.05, 4.69) is 0 Å². The molecule has 1 aliphatic heterocycles. The third-order valence-corrected chi connectivity index (χ3v) is 5.18. The number of aliphatic hydroxyl groups is 1. The summed E-state index contributed by atoms with van der Waals surface area (Å²) in [5.41, 5.74) is 1.87. The number of benzene rings is 2. The third kappa shape index (κ3) is 3.51. The molecule has 5 heteroatoms. The molecule has 1 aliphatic rings. The summed E-state index contributed by atoms with van der Waals surface area (Å²) in [6.45, 7) is 0.298. The molecule has 0 spiro atoms. The maximum absolute atomic E-state index is 12.2. The molecule has 1 amide bonds. The summed E-state index contributed by atoms with van der Waals surface area (Å²) in [5, 5.41) is 10.4. The van der Waals surface area contributed by atoms with Crippen LogP contribution in [0.5, 0.6) is 5.75 Å². The van der Waals surface area contributed by atoms with Crippen molar-refractivity contribution in [3.8, 4) is 5.75 Å². The number of hydrogen-bond acceptors (Lipinski definition) is 4. The topological polar surface area (TPSA) is 49.8 Å². The van der Waals surface area contributed by atoms with Crippen molar-refractivity contribution in [3.05, 3.63) is 65.7 Å². The maximum atomic E-state index is 12.2. The Bertz CT molecular complexity index is 660. The molecule has 0 aliphatic carbocycles. The lowest BCUT2D eigenvalue weighted by Crippen LogP contribution is -2.32. The average molecular weight is 329 g/mol. The van der Waals surface area contributed by atoms with Gasteiger partial charge in [0.25, 0.3) is 0 Å². The standard InChI is InChI=1S/C18H19NO3S/c1-22-15-9-7-14(8-10-15)18-19(17(21)12-23-18)11-16(20)13-5-3-2-4-6-13/h2-10,16,18,20H,11-12H2,1H3/t16-,18+/m0/s1. The summed E-state index contributed by atoms with van der Waals surface area (Å²) in [6, 6.07) is 17.2. The van der Waals surface area contributed by atoms with Gasteiger partial charge in [-0.2, -0.15) is 0 Å². The van der Waals surface area contributed by atoms with Crippen LogP contribution in [0, 0.1) is 0 Å². The van der Waals surface area contributed by atoms with Gasteiger partial charge in [0.2, 0.25) is 5.91 Å². The highest BCUT2D eigenvalue weighted by Gasteiger charge is 2.34. The summed E-state index contributed by atoms with van der Waals surface area (Å²) < 4.78 is 5.17. The number of amides is 1. The lowest BCUT2D eigenvalue weighted by molar-refractivity contribution is -0.129. The summed E-state index contributed by atoms with van der Waals surface area (Å²) >= 11 is 1.59. The third-order valence-electron chi connectivity index (χ3n) is 3.92. The van der Waals surface area contributed by atoms with Crippen LogP contribution in [-0.4, -0.2) is 35.3 Å². The van der Waals surface area contributed by atoms with Crippen molar-refractivity contribution in [2.24, 2.45) is 0 Å². The summed E-state index contributed by atoms with van der Waals surface area (Å²) in [4.78, 5) is 14.0. The maximum Gasteiger partial charge on any atom is 0.233 e. The molecule has 0 aromatic heterocycles. The van der Waals surface area contributed by atoms with Crippen molar-refractivity contribution in [1.82, 2.24) is 4.90 Å². The number of β-amino-alcohol motifs (C(OH)–C–C–N with tert-alkyl or cyclic N) is 1. The second-order valence-electron chi connectivity index (χ2n) is 5.41. The van der Waals surface area contributed by atoms with E-state index in [1.165, 1.54) is 0 Å². The molecule has 1 heterocycles. The summed E-state index contributed by atoms with van der Waals surface area (Å²) in [7, 11) is 1.63. The first kappa shape index (κ1) is 15.9. The van der Waals surface area contributed by atoms with Crippen LogP contribution in [0.25, 0.3) is 0 Å². The van der Waals surface area contributed by atoms with Gasteiger partial charge in [-0.3, -0.25) is 4.79 Å². The van der Waals surface area contributed by atoms with E-state index in [1.807, 2.05) is 54.6 Å². The number of rotatable bonds is 5. The molecule has 23 heavy (non-hydrogen) atoms. The van der Waals surface area contributed by atoms with Gasteiger partial charge >= 0.3 is 0 Å². The van der Waals surface area contributed by atoms with Crippen molar-refractivity contribution in [1.29, 1.82) is 0 Å². The predicted molar refractivity (Wildman–Crippen MR) is 91.3 cm³/mol. The quantitative estimate of drug-likeness (QED) is 0.916. The Kier molecular flexibility index (Phi) is 4.88. The Morgan fingerprint density at radius 1 is 1.22 bits per heavy atom. The van der Waals surface area contributed by atoms with Crippen molar-refractivity contribution in [2.75, 3.05) is 19.4 Å². The predicted octanol–water partition coefficient (Wildman–Crippen LogP) is 3.00. The molecule has 2 aromatic rings. The van der Waals surface area contributed by atoms with E-state index in [1.54, 1.807) is 23.8 Å². The number of nitrogens with zero attached hydrogens (tertiary/aromatic N) is 1. The Hall–Kier alpha value is -1.98. The van der Waals surface area contributed by atoms with Gasteiger partial charge in [0.1, 0.15) is 11.1 Å². The van der Waals surface area contributed by atoms with Gasteiger partial charge in [-0.15, -0.1) is 11.8 Å². The van der Waals surface area contributed by atoms with Gasteiger partial charge in [-0.25, -0.2) is 0 Å². The Morgan fingerprint density at radius 3 is 2.57 bits per heavy atom. The second kappa shape index (κ2) is 7.06. The monoisotopic (exact) mass is 329 g/mol. The zero-order valence-electron chi connectivity index (χ0n) is 12.9. The molecular formula is C18H19NO3S. The van der Waals surface area contributed by atoms with E-state index < -0.39 is 6.10 Å². The van der Waals surface area contributed by atoms with E-state index in [4.69, 9.17) is 4.74 Å². The van der Waals surface area contributed by atoms with Crippen LogP contribution in [0.15, 0.2) is 54.6 Å². The number of carbonyl (C=O) groups excluding carboxylic acids is 1. The van der Waals surface area contributed by atoms with Crippen molar-refractivity contribution < 1.29 is 14.6 Å². The molecular weight excluding hydrogens is 310 g/mol. The number of hydrogen-bond donors (Lipinski definition) is 1. The Morgan fingerprint density at radius 2 is 1.91 bits per heavy atom. The minimum atomic E-state index is -0.681. The van der Waals surface area contributed by atoms with Gasteiger partial charge in [0.15, 0.2) is 0 Å². The smallest absolute Gasteiger partial charge is 0.233 e.